The van der Waals surface area contributed by atoms with Crippen LogP contribution < -0.4 is 11.1 Å². The molecule has 1 saturated heterocycles. The quantitative estimate of drug-likeness (QED) is 0.664. The summed E-state index contributed by atoms with van der Waals surface area (Å²) in [6, 6.07) is 0. The lowest BCUT2D eigenvalue weighted by Gasteiger charge is -2.22. The highest BCUT2D eigenvalue weighted by atomic mass is 32.2. The van der Waals surface area contributed by atoms with Gasteiger partial charge in [-0.15, -0.1) is 0 Å². The third-order valence-electron chi connectivity index (χ3n) is 2.93. The first kappa shape index (κ1) is 12.3. The topological polar surface area (TPSA) is 38.0 Å². The van der Waals surface area contributed by atoms with Gasteiger partial charge in [-0.1, -0.05) is 6.92 Å². The first-order valence-electron chi connectivity index (χ1n) is 5.81. The van der Waals surface area contributed by atoms with E-state index in [2.05, 4.69) is 24.0 Å². The first-order chi connectivity index (χ1) is 6.83. The number of nitrogens with one attached hydrogen (secondary N) is 1. The second-order valence-electron chi connectivity index (χ2n) is 4.40. The highest BCUT2D eigenvalue weighted by Crippen LogP contribution is 2.19. The Hall–Kier alpha value is 0.270. The molecule has 0 amide bonds. The average Bonchev–Trinajstić information content (AvgIpc) is 2.25. The summed E-state index contributed by atoms with van der Waals surface area (Å²) in [5.74, 6) is 4.24. The second kappa shape index (κ2) is 7.55. The molecule has 3 N–H and O–H groups in total. The molecule has 0 saturated carbocycles. The Morgan fingerprint density at radius 2 is 2.14 bits per heavy atom. The summed E-state index contributed by atoms with van der Waals surface area (Å²) < 4.78 is 0. The molecular formula is C11H24N2S. The maximum Gasteiger partial charge on any atom is -0.00297 e. The molecule has 0 aromatic carbocycles. The molecule has 1 rings (SSSR count). The third-order valence-corrected chi connectivity index (χ3v) is 4.26. The fraction of sp³-hybridized carbons (Fsp3) is 1.00. The second-order valence-corrected chi connectivity index (χ2v) is 5.55. The fourth-order valence-corrected chi connectivity index (χ4v) is 2.98. The van der Waals surface area contributed by atoms with Crippen LogP contribution in [-0.4, -0.2) is 31.1 Å². The molecule has 0 bridgehead atoms. The number of nitrogens with two attached hydrogens (primary N) is 1. The molecule has 0 radical (unpaired) electrons. The molecule has 0 aliphatic carbocycles. The van der Waals surface area contributed by atoms with E-state index in [0.717, 1.165) is 12.5 Å². The smallest absolute Gasteiger partial charge is 0.00297 e. The van der Waals surface area contributed by atoms with Gasteiger partial charge in [-0.05, 0) is 62.2 Å². The number of hydrogen-bond donors (Lipinski definition) is 2. The Morgan fingerprint density at radius 3 is 2.79 bits per heavy atom. The van der Waals surface area contributed by atoms with Crippen molar-refractivity contribution in [3.8, 4) is 0 Å². The highest BCUT2D eigenvalue weighted by Gasteiger charge is 2.12. The largest absolute Gasteiger partial charge is 0.330 e. The maximum atomic E-state index is 5.58. The summed E-state index contributed by atoms with van der Waals surface area (Å²) >= 11 is 2.08. The van der Waals surface area contributed by atoms with Crippen LogP contribution in [-0.2, 0) is 0 Å². The standard InChI is InChI=1S/C11H24N2S/c1-10(8-12)9-14-7-4-11-2-5-13-6-3-11/h10-11,13H,2-9,12H2,1H3. The van der Waals surface area contributed by atoms with E-state index in [0.29, 0.717) is 5.92 Å². The molecule has 3 heteroatoms. The van der Waals surface area contributed by atoms with Gasteiger partial charge in [-0.25, -0.2) is 0 Å². The van der Waals surface area contributed by atoms with Gasteiger partial charge in [0.05, 0.1) is 0 Å². The van der Waals surface area contributed by atoms with Gasteiger partial charge in [0.2, 0.25) is 0 Å². The van der Waals surface area contributed by atoms with E-state index in [9.17, 15) is 0 Å². The molecule has 14 heavy (non-hydrogen) atoms. The molecular weight excluding hydrogens is 192 g/mol. The van der Waals surface area contributed by atoms with Crippen molar-refractivity contribution < 1.29 is 0 Å². The normalized spacial score (nSPS) is 21.0. The SMILES string of the molecule is CC(CN)CSCCC1CCNCC1. The van der Waals surface area contributed by atoms with E-state index >= 15 is 0 Å². The van der Waals surface area contributed by atoms with Crippen LogP contribution in [0.4, 0.5) is 0 Å². The van der Waals surface area contributed by atoms with E-state index in [1.165, 1.54) is 43.9 Å². The van der Waals surface area contributed by atoms with Gasteiger partial charge in [0.25, 0.3) is 0 Å². The van der Waals surface area contributed by atoms with Gasteiger partial charge in [0.15, 0.2) is 0 Å². The summed E-state index contributed by atoms with van der Waals surface area (Å²) in [6.45, 7) is 5.53. The predicted molar refractivity (Wildman–Crippen MR) is 65.8 cm³/mol. The zero-order valence-corrected chi connectivity index (χ0v) is 10.1. The minimum atomic E-state index is 0.688. The lowest BCUT2D eigenvalue weighted by atomic mass is 9.96. The summed E-state index contributed by atoms with van der Waals surface area (Å²) in [5.41, 5.74) is 5.58. The minimum absolute atomic E-state index is 0.688. The van der Waals surface area contributed by atoms with Crippen molar-refractivity contribution in [3.63, 3.8) is 0 Å². The van der Waals surface area contributed by atoms with Crippen molar-refractivity contribution in [3.05, 3.63) is 0 Å². The monoisotopic (exact) mass is 216 g/mol. The van der Waals surface area contributed by atoms with Gasteiger partial charge in [0, 0.05) is 0 Å². The summed E-state index contributed by atoms with van der Waals surface area (Å²) in [5, 5.41) is 3.41. The summed E-state index contributed by atoms with van der Waals surface area (Å²) in [4.78, 5) is 0. The molecule has 1 aliphatic heterocycles. The molecule has 0 spiro atoms. The van der Waals surface area contributed by atoms with Gasteiger partial charge in [-0.2, -0.15) is 11.8 Å². The van der Waals surface area contributed by atoms with Crippen molar-refractivity contribution in [2.75, 3.05) is 31.1 Å². The summed E-state index contributed by atoms with van der Waals surface area (Å²) in [6.07, 6.45) is 4.17. The van der Waals surface area contributed by atoms with Crippen molar-refractivity contribution in [2.24, 2.45) is 17.6 Å². The molecule has 1 atom stereocenters. The third kappa shape index (κ3) is 5.23. The van der Waals surface area contributed by atoms with E-state index in [1.54, 1.807) is 0 Å². The molecule has 0 aromatic rings. The predicted octanol–water partition coefficient (Wildman–Crippen LogP) is 1.70. The van der Waals surface area contributed by atoms with Crippen molar-refractivity contribution >= 4 is 11.8 Å². The van der Waals surface area contributed by atoms with Gasteiger partial charge in [0.1, 0.15) is 0 Å². The lowest BCUT2D eigenvalue weighted by Crippen LogP contribution is -2.28. The van der Waals surface area contributed by atoms with Gasteiger partial charge in [-0.3, -0.25) is 0 Å². The van der Waals surface area contributed by atoms with E-state index < -0.39 is 0 Å². The zero-order chi connectivity index (χ0) is 10.2. The molecule has 0 aromatic heterocycles. The lowest BCUT2D eigenvalue weighted by molar-refractivity contribution is 0.367. The van der Waals surface area contributed by atoms with E-state index in [1.807, 2.05) is 0 Å². The van der Waals surface area contributed by atoms with Gasteiger partial charge >= 0.3 is 0 Å². The van der Waals surface area contributed by atoms with E-state index in [4.69, 9.17) is 5.73 Å². The molecule has 2 nitrogen and oxygen atoms in total. The van der Waals surface area contributed by atoms with Crippen LogP contribution in [0.5, 0.6) is 0 Å². The number of hydrogen-bond acceptors (Lipinski definition) is 3. The Morgan fingerprint density at radius 1 is 1.43 bits per heavy atom. The maximum absolute atomic E-state index is 5.58. The molecule has 1 unspecified atom stereocenters. The summed E-state index contributed by atoms with van der Waals surface area (Å²) in [7, 11) is 0. The van der Waals surface area contributed by atoms with Crippen LogP contribution in [0.25, 0.3) is 0 Å². The molecule has 1 fully saturated rings. The number of thioether (sulfide) groups is 1. The molecule has 1 heterocycles. The van der Waals surface area contributed by atoms with Crippen LogP contribution in [0, 0.1) is 11.8 Å². The molecule has 1 aliphatic rings. The Balaban J connectivity index is 1.92. The highest BCUT2D eigenvalue weighted by molar-refractivity contribution is 7.99. The minimum Gasteiger partial charge on any atom is -0.330 e. The van der Waals surface area contributed by atoms with Crippen LogP contribution in [0.15, 0.2) is 0 Å². The van der Waals surface area contributed by atoms with Gasteiger partial charge < -0.3 is 11.1 Å². The van der Waals surface area contributed by atoms with Crippen LogP contribution in [0.1, 0.15) is 26.2 Å². The van der Waals surface area contributed by atoms with Crippen molar-refractivity contribution in [1.82, 2.24) is 5.32 Å². The van der Waals surface area contributed by atoms with Crippen LogP contribution in [0.2, 0.25) is 0 Å². The van der Waals surface area contributed by atoms with Crippen LogP contribution in [0.3, 0.4) is 0 Å². The van der Waals surface area contributed by atoms with Crippen LogP contribution >= 0.6 is 11.8 Å². The number of rotatable bonds is 6. The van der Waals surface area contributed by atoms with E-state index in [-0.39, 0.29) is 0 Å². The fourth-order valence-electron chi connectivity index (χ4n) is 1.77. The molecule has 84 valence electrons. The Bertz CT molecular complexity index is 135. The van der Waals surface area contributed by atoms with Crippen molar-refractivity contribution in [1.29, 1.82) is 0 Å². The number of piperidine rings is 1. The van der Waals surface area contributed by atoms with Crippen molar-refractivity contribution in [2.45, 2.75) is 26.2 Å². The first-order valence-corrected chi connectivity index (χ1v) is 6.97. The average molecular weight is 216 g/mol. The zero-order valence-electron chi connectivity index (χ0n) is 9.30. The Labute approximate surface area is 92.4 Å². The Kier molecular flexibility index (Phi) is 6.65.